The van der Waals surface area contributed by atoms with Crippen LogP contribution in [0.25, 0.3) is 0 Å². The average molecular weight is 302 g/mol. The fourth-order valence-electron chi connectivity index (χ4n) is 1.99. The molecule has 0 heterocycles. The molecule has 2 rings (SSSR count). The zero-order valence-electron chi connectivity index (χ0n) is 10.9. The molecule has 0 aliphatic rings. The number of rotatable bonds is 2. The maximum Gasteiger partial charge on any atom is 0.419 e. The van der Waals surface area contributed by atoms with E-state index in [0.29, 0.717) is 12.1 Å². The highest BCUT2D eigenvalue weighted by Crippen LogP contribution is 2.35. The molecular formula is C15H11F5O. The Labute approximate surface area is 117 Å². The fraction of sp³-hybridized carbons (Fsp3) is 0.200. The summed E-state index contributed by atoms with van der Waals surface area (Å²) in [5, 5.41) is 10.4. The molecule has 0 aliphatic carbocycles. The lowest BCUT2D eigenvalue weighted by Crippen LogP contribution is -2.23. The Kier molecular flexibility index (Phi) is 3.76. The van der Waals surface area contributed by atoms with Crippen molar-refractivity contribution in [1.82, 2.24) is 0 Å². The highest BCUT2D eigenvalue weighted by Gasteiger charge is 2.35. The van der Waals surface area contributed by atoms with Gasteiger partial charge in [0.2, 0.25) is 0 Å². The van der Waals surface area contributed by atoms with Crippen LogP contribution in [0.3, 0.4) is 0 Å². The summed E-state index contributed by atoms with van der Waals surface area (Å²) in [4.78, 5) is 0. The molecule has 0 amide bonds. The van der Waals surface area contributed by atoms with E-state index in [2.05, 4.69) is 0 Å². The van der Waals surface area contributed by atoms with Gasteiger partial charge < -0.3 is 5.11 Å². The molecule has 1 atom stereocenters. The first-order valence-corrected chi connectivity index (χ1v) is 5.98. The third-order valence-corrected chi connectivity index (χ3v) is 3.24. The molecule has 1 unspecified atom stereocenters. The molecule has 1 N–H and O–H groups in total. The molecule has 0 saturated heterocycles. The van der Waals surface area contributed by atoms with Gasteiger partial charge in [-0.05, 0) is 42.3 Å². The second kappa shape index (κ2) is 5.11. The molecule has 1 nitrogen and oxygen atoms in total. The highest BCUT2D eigenvalue weighted by molar-refractivity contribution is 5.37. The molecule has 0 saturated carbocycles. The summed E-state index contributed by atoms with van der Waals surface area (Å²) in [6.07, 6.45) is -4.80. The van der Waals surface area contributed by atoms with Gasteiger partial charge in [-0.1, -0.05) is 18.2 Å². The monoisotopic (exact) mass is 302 g/mol. The molecule has 0 aromatic heterocycles. The molecular weight excluding hydrogens is 291 g/mol. The van der Waals surface area contributed by atoms with E-state index in [1.807, 2.05) is 0 Å². The van der Waals surface area contributed by atoms with E-state index >= 15 is 0 Å². The summed E-state index contributed by atoms with van der Waals surface area (Å²) in [5.41, 5.74) is -2.96. The van der Waals surface area contributed by atoms with Gasteiger partial charge in [-0.15, -0.1) is 0 Å². The van der Waals surface area contributed by atoms with Crippen molar-refractivity contribution in [3.05, 3.63) is 70.8 Å². The van der Waals surface area contributed by atoms with E-state index in [0.717, 1.165) is 18.2 Å². The molecule has 0 radical (unpaired) electrons. The van der Waals surface area contributed by atoms with Crippen LogP contribution in [-0.4, -0.2) is 5.11 Å². The van der Waals surface area contributed by atoms with Crippen LogP contribution in [0.1, 0.15) is 23.6 Å². The van der Waals surface area contributed by atoms with Crippen molar-refractivity contribution in [1.29, 1.82) is 0 Å². The van der Waals surface area contributed by atoms with Crippen LogP contribution in [0.4, 0.5) is 22.0 Å². The first-order valence-electron chi connectivity index (χ1n) is 5.98. The quantitative estimate of drug-likeness (QED) is 0.823. The molecule has 0 aliphatic heterocycles. The number of hydrogen-bond acceptors (Lipinski definition) is 1. The predicted molar refractivity (Wildman–Crippen MR) is 66.5 cm³/mol. The van der Waals surface area contributed by atoms with Gasteiger partial charge in [0.1, 0.15) is 17.2 Å². The second-order valence-electron chi connectivity index (χ2n) is 4.77. The Morgan fingerprint density at radius 3 is 1.86 bits per heavy atom. The fourth-order valence-corrected chi connectivity index (χ4v) is 1.99. The standard InChI is InChI=1S/C15H11F5O/c1-14(21,9-2-5-11(16)6-3-9)10-4-7-12(13(17)8-10)15(18,19)20/h2-8,21H,1H3. The molecule has 0 bridgehead atoms. The Hall–Kier alpha value is -1.95. The Balaban J connectivity index is 2.46. The summed E-state index contributed by atoms with van der Waals surface area (Å²) in [5.74, 6) is -1.99. The van der Waals surface area contributed by atoms with E-state index < -0.39 is 29.0 Å². The van der Waals surface area contributed by atoms with Crippen LogP contribution >= 0.6 is 0 Å². The van der Waals surface area contributed by atoms with E-state index in [9.17, 15) is 27.1 Å². The summed E-state index contributed by atoms with van der Waals surface area (Å²) < 4.78 is 63.9. The van der Waals surface area contributed by atoms with E-state index in [1.54, 1.807) is 0 Å². The van der Waals surface area contributed by atoms with Crippen LogP contribution in [0.5, 0.6) is 0 Å². The second-order valence-corrected chi connectivity index (χ2v) is 4.77. The molecule has 0 spiro atoms. The van der Waals surface area contributed by atoms with Crippen molar-refractivity contribution in [2.24, 2.45) is 0 Å². The molecule has 6 heteroatoms. The smallest absolute Gasteiger partial charge is 0.381 e. The SMILES string of the molecule is CC(O)(c1ccc(F)cc1)c1ccc(C(F)(F)F)c(F)c1. The third kappa shape index (κ3) is 3.05. The molecule has 112 valence electrons. The van der Waals surface area contributed by atoms with Gasteiger partial charge >= 0.3 is 6.18 Å². The summed E-state index contributed by atoms with van der Waals surface area (Å²) in [6.45, 7) is 1.29. The average Bonchev–Trinajstić information content (AvgIpc) is 2.37. The van der Waals surface area contributed by atoms with Gasteiger partial charge in [0.15, 0.2) is 0 Å². The number of halogens is 5. The van der Waals surface area contributed by atoms with Crippen molar-refractivity contribution in [3.8, 4) is 0 Å². The molecule has 0 fully saturated rings. The number of hydrogen-bond donors (Lipinski definition) is 1. The minimum atomic E-state index is -4.80. The maximum absolute atomic E-state index is 13.6. The van der Waals surface area contributed by atoms with Crippen LogP contribution in [0.2, 0.25) is 0 Å². The maximum atomic E-state index is 13.6. The van der Waals surface area contributed by atoms with Crippen molar-refractivity contribution < 1.29 is 27.1 Å². The van der Waals surface area contributed by atoms with E-state index in [-0.39, 0.29) is 11.1 Å². The third-order valence-electron chi connectivity index (χ3n) is 3.24. The Morgan fingerprint density at radius 2 is 1.38 bits per heavy atom. The van der Waals surface area contributed by atoms with Crippen molar-refractivity contribution in [2.45, 2.75) is 18.7 Å². The molecule has 2 aromatic rings. The van der Waals surface area contributed by atoms with Gasteiger partial charge in [0.05, 0.1) is 5.56 Å². The predicted octanol–water partition coefficient (Wildman–Crippen LogP) is 4.24. The van der Waals surface area contributed by atoms with Gasteiger partial charge in [-0.3, -0.25) is 0 Å². The number of aliphatic hydroxyl groups is 1. The lowest BCUT2D eigenvalue weighted by Gasteiger charge is -2.25. The minimum absolute atomic E-state index is 0.0559. The van der Waals surface area contributed by atoms with Crippen molar-refractivity contribution in [3.63, 3.8) is 0 Å². The van der Waals surface area contributed by atoms with Crippen LogP contribution in [0, 0.1) is 11.6 Å². The first kappa shape index (κ1) is 15.4. The molecule has 21 heavy (non-hydrogen) atoms. The highest BCUT2D eigenvalue weighted by atomic mass is 19.4. The first-order chi connectivity index (χ1) is 9.62. The van der Waals surface area contributed by atoms with Crippen LogP contribution in [-0.2, 0) is 11.8 Å². The number of benzene rings is 2. The zero-order chi connectivity index (χ0) is 15.8. The van der Waals surface area contributed by atoms with Gasteiger partial charge in [0.25, 0.3) is 0 Å². The normalized spacial score (nSPS) is 14.8. The van der Waals surface area contributed by atoms with E-state index in [4.69, 9.17) is 0 Å². The molecule has 2 aromatic carbocycles. The Bertz CT molecular complexity index is 644. The van der Waals surface area contributed by atoms with Gasteiger partial charge in [-0.2, -0.15) is 13.2 Å². The summed E-state index contributed by atoms with van der Waals surface area (Å²) >= 11 is 0. The van der Waals surface area contributed by atoms with Crippen molar-refractivity contribution in [2.75, 3.05) is 0 Å². The largest absolute Gasteiger partial charge is 0.419 e. The summed E-state index contributed by atoms with van der Waals surface area (Å²) in [7, 11) is 0. The van der Waals surface area contributed by atoms with Crippen LogP contribution < -0.4 is 0 Å². The lowest BCUT2D eigenvalue weighted by molar-refractivity contribution is -0.140. The van der Waals surface area contributed by atoms with Crippen LogP contribution in [0.15, 0.2) is 42.5 Å². The zero-order valence-corrected chi connectivity index (χ0v) is 10.9. The Morgan fingerprint density at radius 1 is 0.857 bits per heavy atom. The summed E-state index contributed by atoms with van der Waals surface area (Å²) in [6, 6.07) is 6.97. The lowest BCUT2D eigenvalue weighted by atomic mass is 9.87. The van der Waals surface area contributed by atoms with Crippen molar-refractivity contribution >= 4 is 0 Å². The van der Waals surface area contributed by atoms with Gasteiger partial charge in [0, 0.05) is 0 Å². The van der Waals surface area contributed by atoms with Gasteiger partial charge in [-0.25, -0.2) is 8.78 Å². The minimum Gasteiger partial charge on any atom is -0.381 e. The number of alkyl halides is 3. The topological polar surface area (TPSA) is 20.2 Å². The van der Waals surface area contributed by atoms with E-state index in [1.165, 1.54) is 19.1 Å².